The molecule has 1 aliphatic heterocycles. The van der Waals surface area contributed by atoms with E-state index in [0.717, 1.165) is 37.6 Å². The van der Waals surface area contributed by atoms with Crippen LogP contribution in [-0.4, -0.2) is 42.9 Å². The maximum absolute atomic E-state index is 5.32. The van der Waals surface area contributed by atoms with E-state index in [1.807, 2.05) is 6.92 Å². The third kappa shape index (κ3) is 2.94. The molecule has 3 aromatic rings. The molecule has 3 heterocycles. The van der Waals surface area contributed by atoms with Gasteiger partial charge in [-0.05, 0) is 44.0 Å². The fourth-order valence-electron chi connectivity index (χ4n) is 3.32. The van der Waals surface area contributed by atoms with Crippen molar-refractivity contribution in [3.8, 4) is 5.69 Å². The molecule has 1 saturated heterocycles. The zero-order valence-corrected chi connectivity index (χ0v) is 13.9. The first-order valence-electron chi connectivity index (χ1n) is 8.16. The lowest BCUT2D eigenvalue weighted by Crippen LogP contribution is -2.20. The Kier molecular flexibility index (Phi) is 3.86. The predicted molar refractivity (Wildman–Crippen MR) is 87.8 cm³/mol. The minimum atomic E-state index is 0.349. The van der Waals surface area contributed by atoms with E-state index in [0.29, 0.717) is 11.7 Å². The van der Waals surface area contributed by atoms with Crippen LogP contribution in [0.5, 0.6) is 0 Å². The quantitative estimate of drug-likeness (QED) is 0.733. The molecule has 0 bridgehead atoms. The van der Waals surface area contributed by atoms with Crippen LogP contribution in [0, 0.1) is 13.8 Å². The van der Waals surface area contributed by atoms with E-state index >= 15 is 0 Å². The number of nitrogens with zero attached hydrogens (tertiary/aromatic N) is 6. The first kappa shape index (κ1) is 15.0. The molecule has 1 fully saturated rings. The predicted octanol–water partition coefficient (Wildman–Crippen LogP) is 2.26. The molecule has 4 rings (SSSR count). The summed E-state index contributed by atoms with van der Waals surface area (Å²) in [6.07, 6.45) is 4.34. The van der Waals surface area contributed by atoms with Gasteiger partial charge in [0.2, 0.25) is 5.89 Å². The average Bonchev–Trinajstić information content (AvgIpc) is 3.28. The smallest absolute Gasteiger partial charge is 0.231 e. The van der Waals surface area contributed by atoms with Gasteiger partial charge in [-0.2, -0.15) is 10.1 Å². The van der Waals surface area contributed by atoms with Gasteiger partial charge in [0.15, 0.2) is 5.82 Å². The van der Waals surface area contributed by atoms with Crippen LogP contribution in [0.1, 0.15) is 35.2 Å². The van der Waals surface area contributed by atoms with Crippen molar-refractivity contribution in [1.29, 1.82) is 0 Å². The first-order valence-corrected chi connectivity index (χ1v) is 8.16. The Labute approximate surface area is 140 Å². The van der Waals surface area contributed by atoms with E-state index in [9.17, 15) is 0 Å². The average molecular weight is 324 g/mol. The fourth-order valence-corrected chi connectivity index (χ4v) is 3.32. The van der Waals surface area contributed by atoms with Crippen LogP contribution in [0.3, 0.4) is 0 Å². The van der Waals surface area contributed by atoms with E-state index in [1.165, 1.54) is 11.1 Å². The highest BCUT2D eigenvalue weighted by molar-refractivity contribution is 5.41. The third-order valence-corrected chi connectivity index (χ3v) is 4.50. The molecule has 24 heavy (non-hydrogen) atoms. The van der Waals surface area contributed by atoms with Crippen LogP contribution in [0.4, 0.5) is 0 Å². The molecule has 0 aliphatic carbocycles. The second kappa shape index (κ2) is 6.16. The molecule has 2 aromatic heterocycles. The summed E-state index contributed by atoms with van der Waals surface area (Å²) in [4.78, 5) is 10.8. The summed E-state index contributed by atoms with van der Waals surface area (Å²) in [5.74, 6) is 1.83. The highest BCUT2D eigenvalue weighted by Crippen LogP contribution is 2.27. The zero-order valence-electron chi connectivity index (χ0n) is 13.9. The number of hydrogen-bond donors (Lipinski definition) is 0. The normalized spacial score (nSPS) is 18.3. The highest BCUT2D eigenvalue weighted by Gasteiger charge is 2.28. The highest BCUT2D eigenvalue weighted by atomic mass is 16.5. The Morgan fingerprint density at radius 3 is 2.92 bits per heavy atom. The van der Waals surface area contributed by atoms with Crippen molar-refractivity contribution in [1.82, 2.24) is 29.8 Å². The molecule has 7 nitrogen and oxygen atoms in total. The Balaban J connectivity index is 1.44. The molecule has 7 heteroatoms. The molecule has 0 amide bonds. The third-order valence-electron chi connectivity index (χ3n) is 4.50. The Bertz CT molecular complexity index is 825. The summed E-state index contributed by atoms with van der Waals surface area (Å²) in [7, 11) is 0. The van der Waals surface area contributed by atoms with Crippen molar-refractivity contribution in [3.05, 3.63) is 53.7 Å². The first-order chi connectivity index (χ1) is 11.7. The second-order valence-electron chi connectivity index (χ2n) is 6.36. The van der Waals surface area contributed by atoms with Crippen molar-refractivity contribution >= 4 is 0 Å². The van der Waals surface area contributed by atoms with E-state index in [4.69, 9.17) is 4.52 Å². The van der Waals surface area contributed by atoms with Gasteiger partial charge in [0.25, 0.3) is 0 Å². The van der Waals surface area contributed by atoms with Crippen LogP contribution in [-0.2, 0) is 6.54 Å². The number of aromatic nitrogens is 5. The molecule has 1 atom stereocenters. The lowest BCUT2D eigenvalue weighted by molar-refractivity contribution is 0.308. The number of likely N-dealkylation sites (tertiary alicyclic amines) is 1. The summed E-state index contributed by atoms with van der Waals surface area (Å²) < 4.78 is 7.11. The second-order valence-corrected chi connectivity index (χ2v) is 6.36. The number of hydrogen-bond acceptors (Lipinski definition) is 6. The minimum absolute atomic E-state index is 0.349. The fraction of sp³-hybridized carbons (Fsp3) is 0.412. The van der Waals surface area contributed by atoms with E-state index in [1.54, 1.807) is 17.3 Å². The molecule has 0 saturated carbocycles. The molecule has 1 aliphatic rings. The van der Waals surface area contributed by atoms with E-state index < -0.39 is 0 Å². The van der Waals surface area contributed by atoms with E-state index in [-0.39, 0.29) is 0 Å². The van der Waals surface area contributed by atoms with Gasteiger partial charge >= 0.3 is 0 Å². The summed E-state index contributed by atoms with van der Waals surface area (Å²) in [5.41, 5.74) is 3.57. The van der Waals surface area contributed by atoms with Gasteiger partial charge in [-0.3, -0.25) is 4.90 Å². The molecular weight excluding hydrogens is 304 g/mol. The summed E-state index contributed by atoms with van der Waals surface area (Å²) in [6, 6.07) is 6.49. The number of rotatable bonds is 4. The van der Waals surface area contributed by atoms with Crippen LogP contribution in [0.15, 0.2) is 35.4 Å². The van der Waals surface area contributed by atoms with Crippen molar-refractivity contribution in [3.63, 3.8) is 0 Å². The lowest BCUT2D eigenvalue weighted by atomic mass is 10.1. The van der Waals surface area contributed by atoms with Gasteiger partial charge in [0, 0.05) is 13.1 Å². The minimum Gasteiger partial charge on any atom is -0.339 e. The van der Waals surface area contributed by atoms with Crippen molar-refractivity contribution in [2.45, 2.75) is 32.7 Å². The van der Waals surface area contributed by atoms with Gasteiger partial charge in [0.1, 0.15) is 12.7 Å². The molecule has 0 N–H and O–H groups in total. The van der Waals surface area contributed by atoms with Gasteiger partial charge in [-0.25, -0.2) is 9.67 Å². The topological polar surface area (TPSA) is 72.9 Å². The Morgan fingerprint density at radius 2 is 2.21 bits per heavy atom. The number of aryl methyl sites for hydroxylation is 2. The molecule has 124 valence electrons. The van der Waals surface area contributed by atoms with Crippen LogP contribution in [0.2, 0.25) is 0 Å². The van der Waals surface area contributed by atoms with Gasteiger partial charge in [0.05, 0.1) is 11.6 Å². The summed E-state index contributed by atoms with van der Waals surface area (Å²) >= 11 is 0. The van der Waals surface area contributed by atoms with Crippen molar-refractivity contribution in [2.75, 3.05) is 13.1 Å². The maximum atomic E-state index is 5.32. The largest absolute Gasteiger partial charge is 0.339 e. The Hall–Kier alpha value is -2.54. The molecular formula is C17H20N6O. The molecule has 1 aromatic carbocycles. The molecule has 0 spiro atoms. The summed E-state index contributed by atoms with van der Waals surface area (Å²) in [6.45, 7) is 6.91. The molecule has 0 radical (unpaired) electrons. The van der Waals surface area contributed by atoms with E-state index in [2.05, 4.69) is 50.2 Å². The monoisotopic (exact) mass is 324 g/mol. The van der Waals surface area contributed by atoms with Crippen LogP contribution >= 0.6 is 0 Å². The molecule has 1 unspecified atom stereocenters. The maximum Gasteiger partial charge on any atom is 0.231 e. The summed E-state index contributed by atoms with van der Waals surface area (Å²) in [5, 5.41) is 8.10. The lowest BCUT2D eigenvalue weighted by Gasteiger charge is -2.16. The van der Waals surface area contributed by atoms with Gasteiger partial charge < -0.3 is 4.52 Å². The standard InChI is InChI=1S/C17H20N6O/c1-12-7-14(3-4-16(12)23-11-18-10-19-23)8-22-6-5-15(9-22)17-20-13(2)21-24-17/h3-4,7,10-11,15H,5-6,8-9H2,1-2H3. The van der Waals surface area contributed by atoms with Gasteiger partial charge in [-0.1, -0.05) is 17.3 Å². The van der Waals surface area contributed by atoms with Crippen molar-refractivity contribution < 1.29 is 4.52 Å². The van der Waals surface area contributed by atoms with Gasteiger partial charge in [-0.15, -0.1) is 0 Å². The Morgan fingerprint density at radius 1 is 1.29 bits per heavy atom. The SMILES string of the molecule is Cc1noc(C2CCN(Cc3ccc(-n4cncn4)c(C)c3)C2)n1. The zero-order chi connectivity index (χ0) is 16.5. The van der Waals surface area contributed by atoms with Crippen LogP contribution in [0.25, 0.3) is 5.69 Å². The van der Waals surface area contributed by atoms with Crippen LogP contribution < -0.4 is 0 Å². The van der Waals surface area contributed by atoms with Crippen molar-refractivity contribution in [2.24, 2.45) is 0 Å². The number of benzene rings is 1.